The highest BCUT2D eigenvalue weighted by Crippen LogP contribution is 2.32. The average Bonchev–Trinajstić information content (AvgIpc) is 3.06. The molecule has 3 aromatic carbocycles. The number of esters is 1. The quantitative estimate of drug-likeness (QED) is 0.237. The van der Waals surface area contributed by atoms with E-state index in [0.717, 1.165) is 11.1 Å². The van der Waals surface area contributed by atoms with Crippen LogP contribution in [0.3, 0.4) is 0 Å². The SMILES string of the molecule is COc1cc(C=C2C(=O)c3ccccc3C2=O)ccc1OC(=O)COc1cccc(C)c1C. The Balaban J connectivity index is 1.49. The maximum absolute atomic E-state index is 12.6. The van der Waals surface area contributed by atoms with Gasteiger partial charge in [0.25, 0.3) is 0 Å². The molecule has 0 aliphatic heterocycles. The van der Waals surface area contributed by atoms with Crippen LogP contribution < -0.4 is 14.2 Å². The molecule has 4 rings (SSSR count). The number of hydrogen-bond donors (Lipinski definition) is 0. The number of ether oxygens (including phenoxy) is 3. The van der Waals surface area contributed by atoms with Crippen LogP contribution >= 0.6 is 0 Å². The minimum absolute atomic E-state index is 0.0879. The lowest BCUT2D eigenvalue weighted by molar-refractivity contribution is -0.136. The second-order valence-electron chi connectivity index (χ2n) is 7.63. The number of hydrogen-bond acceptors (Lipinski definition) is 6. The minimum Gasteiger partial charge on any atom is -0.493 e. The van der Waals surface area contributed by atoms with Gasteiger partial charge in [0, 0.05) is 11.1 Å². The van der Waals surface area contributed by atoms with Gasteiger partial charge in [0.1, 0.15) is 5.75 Å². The zero-order valence-electron chi connectivity index (χ0n) is 18.5. The fourth-order valence-electron chi connectivity index (χ4n) is 3.60. The van der Waals surface area contributed by atoms with E-state index in [1.165, 1.54) is 13.2 Å². The first-order chi connectivity index (χ1) is 15.9. The van der Waals surface area contributed by atoms with Crippen molar-refractivity contribution >= 4 is 23.6 Å². The smallest absolute Gasteiger partial charge is 0.349 e. The Morgan fingerprint density at radius 2 is 1.55 bits per heavy atom. The molecule has 1 aliphatic rings. The van der Waals surface area contributed by atoms with Crippen LogP contribution in [0.1, 0.15) is 37.4 Å². The van der Waals surface area contributed by atoms with Gasteiger partial charge in [0.05, 0.1) is 12.7 Å². The van der Waals surface area contributed by atoms with Crippen LogP contribution in [0.5, 0.6) is 17.2 Å². The molecule has 0 heterocycles. The second-order valence-corrected chi connectivity index (χ2v) is 7.63. The van der Waals surface area contributed by atoms with Crippen LogP contribution in [0.15, 0.2) is 66.2 Å². The van der Waals surface area contributed by atoms with Crippen LogP contribution in [0, 0.1) is 13.8 Å². The molecule has 1 aliphatic carbocycles. The maximum atomic E-state index is 12.6. The predicted octanol–water partition coefficient (Wildman–Crippen LogP) is 4.76. The fourth-order valence-corrected chi connectivity index (χ4v) is 3.60. The van der Waals surface area contributed by atoms with Crippen molar-refractivity contribution in [3.8, 4) is 17.2 Å². The Morgan fingerprint density at radius 3 is 2.21 bits per heavy atom. The molecule has 0 bridgehead atoms. The lowest BCUT2D eigenvalue weighted by atomic mass is 10.1. The third-order valence-corrected chi connectivity index (χ3v) is 5.53. The predicted molar refractivity (Wildman–Crippen MR) is 123 cm³/mol. The number of Topliss-reactive ketones (excluding diaryl/α,β-unsaturated/α-hetero) is 2. The summed E-state index contributed by atoms with van der Waals surface area (Å²) in [6.45, 7) is 3.62. The second kappa shape index (κ2) is 9.12. The van der Waals surface area contributed by atoms with Crippen molar-refractivity contribution in [2.45, 2.75) is 13.8 Å². The van der Waals surface area contributed by atoms with E-state index < -0.39 is 5.97 Å². The topological polar surface area (TPSA) is 78.9 Å². The van der Waals surface area contributed by atoms with Gasteiger partial charge in [-0.25, -0.2) is 4.79 Å². The van der Waals surface area contributed by atoms with Gasteiger partial charge in [-0.1, -0.05) is 42.5 Å². The third kappa shape index (κ3) is 4.41. The van der Waals surface area contributed by atoms with Crippen molar-refractivity contribution in [1.29, 1.82) is 0 Å². The number of carbonyl (C=O) groups is 3. The summed E-state index contributed by atoms with van der Waals surface area (Å²) in [5.41, 5.74) is 3.48. The normalized spacial score (nSPS) is 12.4. The van der Waals surface area contributed by atoms with Crippen molar-refractivity contribution in [2.24, 2.45) is 0 Å². The van der Waals surface area contributed by atoms with Gasteiger partial charge in [-0.15, -0.1) is 0 Å². The first kappa shape index (κ1) is 22.0. The summed E-state index contributed by atoms with van der Waals surface area (Å²) in [4.78, 5) is 37.5. The summed E-state index contributed by atoms with van der Waals surface area (Å²) in [5, 5.41) is 0. The summed E-state index contributed by atoms with van der Waals surface area (Å²) >= 11 is 0. The molecule has 0 unspecified atom stereocenters. The number of carbonyl (C=O) groups excluding carboxylic acids is 3. The first-order valence-electron chi connectivity index (χ1n) is 10.4. The number of allylic oxidation sites excluding steroid dienone is 1. The third-order valence-electron chi connectivity index (χ3n) is 5.53. The molecule has 0 radical (unpaired) electrons. The van der Waals surface area contributed by atoms with Gasteiger partial charge in [0.2, 0.25) is 0 Å². The Labute approximate surface area is 191 Å². The Bertz CT molecular complexity index is 1260. The molecule has 3 aromatic rings. The molecule has 0 N–H and O–H groups in total. The largest absolute Gasteiger partial charge is 0.493 e. The van der Waals surface area contributed by atoms with Crippen LogP contribution in [-0.2, 0) is 4.79 Å². The van der Waals surface area contributed by atoms with E-state index >= 15 is 0 Å². The Kier molecular flexibility index (Phi) is 6.09. The Hall–Kier alpha value is -4.19. The van der Waals surface area contributed by atoms with E-state index in [2.05, 4.69) is 0 Å². The van der Waals surface area contributed by atoms with E-state index in [4.69, 9.17) is 14.2 Å². The monoisotopic (exact) mass is 442 g/mol. The standard InChI is InChI=1S/C27H22O6/c1-16-7-6-10-22(17(16)2)32-15-25(28)33-23-12-11-18(14-24(23)31-3)13-21-26(29)19-8-4-5-9-20(19)27(21)30/h4-14H,15H2,1-3H3. The number of methoxy groups -OCH3 is 1. The molecular formula is C27H22O6. The maximum Gasteiger partial charge on any atom is 0.349 e. The lowest BCUT2D eigenvalue weighted by Gasteiger charge is -2.12. The van der Waals surface area contributed by atoms with Crippen LogP contribution in [0.4, 0.5) is 0 Å². The summed E-state index contributed by atoms with van der Waals surface area (Å²) < 4.78 is 16.3. The van der Waals surface area contributed by atoms with Gasteiger partial charge in [-0.05, 0) is 54.8 Å². The van der Waals surface area contributed by atoms with Gasteiger partial charge in [0.15, 0.2) is 29.7 Å². The van der Waals surface area contributed by atoms with Crippen molar-refractivity contribution in [2.75, 3.05) is 13.7 Å². The van der Waals surface area contributed by atoms with E-state index in [1.54, 1.807) is 48.5 Å². The zero-order valence-corrected chi connectivity index (χ0v) is 18.5. The molecule has 0 aromatic heterocycles. The zero-order chi connectivity index (χ0) is 23.5. The molecule has 0 atom stereocenters. The van der Waals surface area contributed by atoms with Gasteiger partial charge < -0.3 is 14.2 Å². The molecule has 6 heteroatoms. The molecule has 0 fully saturated rings. The van der Waals surface area contributed by atoms with Crippen LogP contribution in [0.2, 0.25) is 0 Å². The highest BCUT2D eigenvalue weighted by molar-refractivity contribution is 6.41. The van der Waals surface area contributed by atoms with Crippen LogP contribution in [-0.4, -0.2) is 31.3 Å². The van der Waals surface area contributed by atoms with E-state index in [9.17, 15) is 14.4 Å². The average molecular weight is 442 g/mol. The van der Waals surface area contributed by atoms with Crippen LogP contribution in [0.25, 0.3) is 6.08 Å². The summed E-state index contributed by atoms with van der Waals surface area (Å²) in [5.74, 6) is -0.0894. The summed E-state index contributed by atoms with van der Waals surface area (Å²) in [7, 11) is 1.44. The van der Waals surface area contributed by atoms with Crippen molar-refractivity contribution in [1.82, 2.24) is 0 Å². The van der Waals surface area contributed by atoms with Crippen molar-refractivity contribution < 1.29 is 28.6 Å². The molecule has 0 saturated heterocycles. The van der Waals surface area contributed by atoms with Crippen molar-refractivity contribution in [3.05, 3.63) is 94.1 Å². The molecule has 166 valence electrons. The number of fused-ring (bicyclic) bond motifs is 1. The number of ketones is 2. The van der Waals surface area contributed by atoms with Gasteiger partial charge in [-0.2, -0.15) is 0 Å². The molecule has 0 amide bonds. The molecule has 0 spiro atoms. The van der Waals surface area contributed by atoms with Gasteiger partial charge >= 0.3 is 5.97 Å². The Morgan fingerprint density at radius 1 is 0.848 bits per heavy atom. The highest BCUT2D eigenvalue weighted by Gasteiger charge is 2.32. The lowest BCUT2D eigenvalue weighted by Crippen LogP contribution is -2.18. The minimum atomic E-state index is -0.586. The van der Waals surface area contributed by atoms with Crippen molar-refractivity contribution in [3.63, 3.8) is 0 Å². The number of aryl methyl sites for hydroxylation is 1. The van der Waals surface area contributed by atoms with E-state index in [1.807, 2.05) is 26.0 Å². The molecule has 0 saturated carbocycles. The highest BCUT2D eigenvalue weighted by atomic mass is 16.6. The molecule has 33 heavy (non-hydrogen) atoms. The van der Waals surface area contributed by atoms with Gasteiger partial charge in [-0.3, -0.25) is 9.59 Å². The van der Waals surface area contributed by atoms with E-state index in [-0.39, 0.29) is 29.5 Å². The fraction of sp³-hybridized carbons (Fsp3) is 0.148. The molecule has 6 nitrogen and oxygen atoms in total. The van der Waals surface area contributed by atoms with E-state index in [0.29, 0.717) is 28.2 Å². The summed E-state index contributed by atoms with van der Waals surface area (Å²) in [6.07, 6.45) is 1.52. The molecular weight excluding hydrogens is 420 g/mol. The number of rotatable bonds is 6. The summed E-state index contributed by atoms with van der Waals surface area (Å²) in [6, 6.07) is 17.1. The first-order valence-corrected chi connectivity index (χ1v) is 10.4. The number of benzene rings is 3.